The molecule has 146 valence electrons. The van der Waals surface area contributed by atoms with Crippen LogP contribution in [0.1, 0.15) is 65.5 Å². The maximum Gasteiger partial charge on any atom is 0.135 e. The van der Waals surface area contributed by atoms with Crippen LogP contribution in [0.25, 0.3) is 11.1 Å². The van der Waals surface area contributed by atoms with Gasteiger partial charge in [0.05, 0.1) is 0 Å². The molecular formula is C24H32O3. The van der Waals surface area contributed by atoms with Gasteiger partial charge in [-0.1, -0.05) is 58.9 Å². The van der Waals surface area contributed by atoms with Gasteiger partial charge in [0.2, 0.25) is 0 Å². The predicted octanol–water partition coefficient (Wildman–Crippen LogP) is 6.45. The highest BCUT2D eigenvalue weighted by Crippen LogP contribution is 2.32. The van der Waals surface area contributed by atoms with Gasteiger partial charge < -0.3 is 10.2 Å². The van der Waals surface area contributed by atoms with Crippen LogP contribution < -0.4 is 0 Å². The molecule has 0 heterocycles. The molecule has 0 radical (unpaired) electrons. The van der Waals surface area contributed by atoms with Gasteiger partial charge in [0.25, 0.3) is 0 Å². The number of rotatable bonds is 4. The molecule has 0 amide bonds. The molecule has 0 saturated carbocycles. The molecule has 0 aliphatic heterocycles. The quantitative estimate of drug-likeness (QED) is 0.610. The smallest absolute Gasteiger partial charge is 0.135 e. The van der Waals surface area contributed by atoms with Crippen LogP contribution in [0.4, 0.5) is 0 Å². The van der Waals surface area contributed by atoms with Crippen LogP contribution in [0.5, 0.6) is 11.5 Å². The number of hydrogen-bond donors (Lipinski definition) is 2. The van der Waals surface area contributed by atoms with Crippen molar-refractivity contribution in [2.24, 2.45) is 5.41 Å². The maximum absolute atomic E-state index is 10.5. The Morgan fingerprint density at radius 1 is 0.741 bits per heavy atom. The summed E-state index contributed by atoms with van der Waals surface area (Å²) in [5, 5.41) is 18.8. The Kier molecular flexibility index (Phi) is 8.30. The fourth-order valence-electron chi connectivity index (χ4n) is 2.51. The number of phenolic OH excluding ortho intramolecular Hbond substituents is 2. The van der Waals surface area contributed by atoms with Crippen LogP contribution in [0.15, 0.2) is 48.5 Å². The molecular weight excluding hydrogens is 336 g/mol. The van der Waals surface area contributed by atoms with E-state index in [0.29, 0.717) is 0 Å². The van der Waals surface area contributed by atoms with Gasteiger partial charge in [-0.25, -0.2) is 0 Å². The first kappa shape index (κ1) is 22.5. The summed E-state index contributed by atoms with van der Waals surface area (Å²) < 4.78 is 0. The summed E-state index contributed by atoms with van der Waals surface area (Å²) >= 11 is 0. The summed E-state index contributed by atoms with van der Waals surface area (Å²) in [4.78, 5) is 10.5. The monoisotopic (exact) mass is 368 g/mol. The number of allylic oxidation sites excluding steroid dienone is 2. The largest absolute Gasteiger partial charge is 0.508 e. The van der Waals surface area contributed by atoms with Crippen molar-refractivity contribution < 1.29 is 15.0 Å². The molecule has 2 aromatic rings. The molecule has 3 nitrogen and oxygen atoms in total. The zero-order valence-electron chi connectivity index (χ0n) is 17.3. The summed E-state index contributed by atoms with van der Waals surface area (Å²) in [7, 11) is 0. The van der Waals surface area contributed by atoms with Crippen LogP contribution in [0, 0.1) is 5.41 Å². The molecule has 0 aliphatic carbocycles. The second-order valence-corrected chi connectivity index (χ2v) is 7.56. The third kappa shape index (κ3) is 6.93. The molecule has 27 heavy (non-hydrogen) atoms. The molecule has 0 atom stereocenters. The standard InChI is InChI=1S/C18H20O2.C6H12O/c1-3-17(13-5-9-15(19)10-6-13)18(4-2)14-7-11-16(20)12-8-14;1-5(7)6(2,3)4/h5-12,19-20H,3-4H2,1-2H3;1-4H3. The van der Waals surface area contributed by atoms with Crippen molar-refractivity contribution in [3.8, 4) is 11.5 Å². The Bertz CT molecular complexity index is 705. The van der Waals surface area contributed by atoms with Crippen LogP contribution in [0.3, 0.4) is 0 Å². The van der Waals surface area contributed by atoms with Crippen LogP contribution in [0.2, 0.25) is 0 Å². The minimum absolute atomic E-state index is 0.139. The Labute approximate surface area is 163 Å². The average Bonchev–Trinajstić information content (AvgIpc) is 2.61. The fraction of sp³-hybridized carbons (Fsp3) is 0.375. The average molecular weight is 369 g/mol. The molecule has 0 fully saturated rings. The van der Waals surface area contributed by atoms with E-state index in [-0.39, 0.29) is 22.7 Å². The molecule has 0 unspecified atom stereocenters. The van der Waals surface area contributed by atoms with Gasteiger partial charge in [-0.3, -0.25) is 4.79 Å². The van der Waals surface area contributed by atoms with Crippen LogP contribution >= 0.6 is 0 Å². The summed E-state index contributed by atoms with van der Waals surface area (Å²) in [6.45, 7) is 11.6. The van der Waals surface area contributed by atoms with Crippen molar-refractivity contribution in [1.29, 1.82) is 0 Å². The lowest BCUT2D eigenvalue weighted by molar-refractivity contribution is -0.124. The van der Waals surface area contributed by atoms with Crippen molar-refractivity contribution in [3.05, 3.63) is 59.7 Å². The zero-order valence-corrected chi connectivity index (χ0v) is 17.3. The SMILES string of the molecule is CC(=O)C(C)(C)C.CCC(=C(CC)c1ccc(O)cc1)c1ccc(O)cc1. The molecule has 0 aromatic heterocycles. The minimum Gasteiger partial charge on any atom is -0.508 e. The van der Waals surface area contributed by atoms with E-state index in [1.54, 1.807) is 31.2 Å². The number of aromatic hydroxyl groups is 2. The van der Waals surface area contributed by atoms with Gasteiger partial charge in [-0.05, 0) is 66.3 Å². The van der Waals surface area contributed by atoms with E-state index >= 15 is 0 Å². The van der Waals surface area contributed by atoms with E-state index in [9.17, 15) is 15.0 Å². The zero-order chi connectivity index (χ0) is 20.6. The van der Waals surface area contributed by atoms with Gasteiger partial charge in [-0.2, -0.15) is 0 Å². The van der Waals surface area contributed by atoms with E-state index < -0.39 is 0 Å². The predicted molar refractivity (Wildman–Crippen MR) is 114 cm³/mol. The van der Waals surface area contributed by atoms with Crippen molar-refractivity contribution in [2.75, 3.05) is 0 Å². The highest BCUT2D eigenvalue weighted by atomic mass is 16.3. The first-order valence-corrected chi connectivity index (χ1v) is 9.42. The first-order valence-electron chi connectivity index (χ1n) is 9.42. The van der Waals surface area contributed by atoms with Gasteiger partial charge in [0.15, 0.2) is 0 Å². The van der Waals surface area contributed by atoms with Crippen molar-refractivity contribution in [2.45, 2.75) is 54.4 Å². The molecule has 2 rings (SSSR count). The Balaban J connectivity index is 0.000000445. The Hall–Kier alpha value is -2.55. The second kappa shape index (κ2) is 9.96. The van der Waals surface area contributed by atoms with Crippen LogP contribution in [-0.2, 0) is 4.79 Å². The number of Topliss-reactive ketones (excluding diaryl/α,β-unsaturated/α-hetero) is 1. The second-order valence-electron chi connectivity index (χ2n) is 7.56. The lowest BCUT2D eigenvalue weighted by Gasteiger charge is -2.14. The Morgan fingerprint density at radius 3 is 1.19 bits per heavy atom. The van der Waals surface area contributed by atoms with Gasteiger partial charge in [0.1, 0.15) is 17.3 Å². The summed E-state index contributed by atoms with van der Waals surface area (Å²) in [5.41, 5.74) is 4.68. The van der Waals surface area contributed by atoms with Crippen LogP contribution in [-0.4, -0.2) is 16.0 Å². The third-order valence-electron chi connectivity index (χ3n) is 4.56. The molecule has 0 bridgehead atoms. The first-order chi connectivity index (χ1) is 12.6. The van der Waals surface area contributed by atoms with Crippen molar-refractivity contribution in [3.63, 3.8) is 0 Å². The van der Waals surface area contributed by atoms with Gasteiger partial charge >= 0.3 is 0 Å². The number of carbonyl (C=O) groups is 1. The number of ketones is 1. The van der Waals surface area contributed by atoms with Gasteiger partial charge in [-0.15, -0.1) is 0 Å². The van der Waals surface area contributed by atoms with E-state index in [1.165, 1.54) is 11.1 Å². The molecule has 0 saturated heterocycles. The van der Waals surface area contributed by atoms with E-state index in [0.717, 1.165) is 24.0 Å². The number of carbonyl (C=O) groups excluding carboxylic acids is 1. The molecule has 0 aliphatic rings. The lowest BCUT2D eigenvalue weighted by Crippen LogP contribution is -2.15. The van der Waals surface area contributed by atoms with E-state index in [1.807, 2.05) is 45.0 Å². The van der Waals surface area contributed by atoms with Crippen molar-refractivity contribution >= 4 is 16.9 Å². The van der Waals surface area contributed by atoms with Gasteiger partial charge in [0, 0.05) is 5.41 Å². The number of benzene rings is 2. The summed E-state index contributed by atoms with van der Waals surface area (Å²) in [6, 6.07) is 14.7. The number of hydrogen-bond acceptors (Lipinski definition) is 3. The number of phenols is 2. The maximum atomic E-state index is 10.5. The minimum atomic E-state index is -0.139. The van der Waals surface area contributed by atoms with E-state index in [4.69, 9.17) is 0 Å². The lowest BCUT2D eigenvalue weighted by atomic mass is 9.91. The third-order valence-corrected chi connectivity index (χ3v) is 4.56. The Morgan fingerprint density at radius 2 is 1.00 bits per heavy atom. The van der Waals surface area contributed by atoms with Crippen molar-refractivity contribution in [1.82, 2.24) is 0 Å². The highest BCUT2D eigenvalue weighted by Gasteiger charge is 2.14. The highest BCUT2D eigenvalue weighted by molar-refractivity contribution is 5.90. The summed E-state index contributed by atoms with van der Waals surface area (Å²) in [6.07, 6.45) is 1.85. The molecule has 2 N–H and O–H groups in total. The topological polar surface area (TPSA) is 57.5 Å². The molecule has 3 heteroatoms. The normalized spacial score (nSPS) is 11.9. The molecule has 0 spiro atoms. The molecule has 2 aromatic carbocycles. The summed E-state index contributed by atoms with van der Waals surface area (Å²) in [5.74, 6) is 0.811. The fourth-order valence-corrected chi connectivity index (χ4v) is 2.51. The van der Waals surface area contributed by atoms with E-state index in [2.05, 4.69) is 13.8 Å².